The maximum absolute atomic E-state index is 12.1. The predicted octanol–water partition coefficient (Wildman–Crippen LogP) is 2.64. The summed E-state index contributed by atoms with van der Waals surface area (Å²) < 4.78 is 5.44. The normalized spacial score (nSPS) is 17.0. The summed E-state index contributed by atoms with van der Waals surface area (Å²) in [4.78, 5) is 12.1. The maximum Gasteiger partial charge on any atom is 0.237 e. The highest BCUT2D eigenvalue weighted by Crippen LogP contribution is 2.27. The number of ether oxygens (including phenoxy) is 1. The molecule has 1 fully saturated rings. The average molecular weight is 321 g/mol. The van der Waals surface area contributed by atoms with Crippen molar-refractivity contribution < 1.29 is 9.53 Å². The van der Waals surface area contributed by atoms with Gasteiger partial charge < -0.3 is 15.4 Å². The number of nitrogens with one attached hydrogen (secondary N) is 2. The zero-order valence-electron chi connectivity index (χ0n) is 12.6. The van der Waals surface area contributed by atoms with Gasteiger partial charge in [0.05, 0.1) is 13.2 Å². The number of methoxy groups -OCH3 is 1. The summed E-state index contributed by atoms with van der Waals surface area (Å²) >= 11 is 0. The molecule has 2 aromatic rings. The van der Waals surface area contributed by atoms with Gasteiger partial charge in [0.15, 0.2) is 0 Å². The molecule has 1 amide bonds. The Labute approximate surface area is 136 Å². The molecule has 2 N–H and O–H groups in total. The number of hydrogen-bond acceptors (Lipinski definition) is 3. The van der Waals surface area contributed by atoms with Crippen LogP contribution in [-0.4, -0.2) is 25.6 Å². The van der Waals surface area contributed by atoms with Gasteiger partial charge in [-0.1, -0.05) is 30.3 Å². The van der Waals surface area contributed by atoms with Crippen LogP contribution in [0.1, 0.15) is 18.4 Å². The highest BCUT2D eigenvalue weighted by Gasteiger charge is 2.22. The molecule has 0 spiro atoms. The fourth-order valence-corrected chi connectivity index (χ4v) is 2.90. The van der Waals surface area contributed by atoms with Crippen LogP contribution in [0.4, 0.5) is 0 Å². The Hall–Kier alpha value is -1.78. The quantitative estimate of drug-likeness (QED) is 0.910. The molecule has 2 aromatic carbocycles. The fourth-order valence-electron chi connectivity index (χ4n) is 2.90. The van der Waals surface area contributed by atoms with Crippen LogP contribution < -0.4 is 15.4 Å². The first kappa shape index (κ1) is 16.6. The Balaban J connectivity index is 0.00000176. The smallest absolute Gasteiger partial charge is 0.237 e. The number of rotatable bonds is 4. The van der Waals surface area contributed by atoms with E-state index < -0.39 is 0 Å². The topological polar surface area (TPSA) is 50.4 Å². The van der Waals surface area contributed by atoms with Crippen molar-refractivity contribution in [3.05, 3.63) is 42.0 Å². The molecule has 1 unspecified atom stereocenters. The Morgan fingerprint density at radius 2 is 2.14 bits per heavy atom. The van der Waals surface area contributed by atoms with Crippen molar-refractivity contribution in [2.75, 3.05) is 13.7 Å². The SMILES string of the molecule is COc1ccc2ccccc2c1CNC(=O)C1CCCN1.Cl. The molecule has 1 aliphatic heterocycles. The first-order chi connectivity index (χ1) is 10.3. The van der Waals surface area contributed by atoms with E-state index in [0.29, 0.717) is 6.54 Å². The third-order valence-electron chi connectivity index (χ3n) is 4.03. The van der Waals surface area contributed by atoms with E-state index in [4.69, 9.17) is 4.74 Å². The third-order valence-corrected chi connectivity index (χ3v) is 4.03. The second-order valence-corrected chi connectivity index (χ2v) is 5.33. The van der Waals surface area contributed by atoms with Gasteiger partial charge in [-0.2, -0.15) is 0 Å². The minimum atomic E-state index is -0.0500. The second-order valence-electron chi connectivity index (χ2n) is 5.33. The summed E-state index contributed by atoms with van der Waals surface area (Å²) in [6.45, 7) is 1.41. The Kier molecular flexibility index (Phi) is 5.63. The Morgan fingerprint density at radius 1 is 1.32 bits per heavy atom. The molecule has 0 radical (unpaired) electrons. The number of carbonyl (C=O) groups is 1. The minimum Gasteiger partial charge on any atom is -0.496 e. The van der Waals surface area contributed by atoms with E-state index in [1.54, 1.807) is 7.11 Å². The van der Waals surface area contributed by atoms with Gasteiger partial charge in [0.2, 0.25) is 5.91 Å². The van der Waals surface area contributed by atoms with E-state index in [2.05, 4.69) is 22.8 Å². The fraction of sp³-hybridized carbons (Fsp3) is 0.353. The van der Waals surface area contributed by atoms with Crippen LogP contribution in [0.15, 0.2) is 36.4 Å². The van der Waals surface area contributed by atoms with E-state index in [0.717, 1.165) is 41.5 Å². The van der Waals surface area contributed by atoms with E-state index in [9.17, 15) is 4.79 Å². The van der Waals surface area contributed by atoms with Crippen molar-refractivity contribution >= 4 is 29.1 Å². The van der Waals surface area contributed by atoms with Gasteiger partial charge in [-0.15, -0.1) is 12.4 Å². The van der Waals surface area contributed by atoms with Crippen LogP contribution in [0.5, 0.6) is 5.75 Å². The standard InChI is InChI=1S/C17H20N2O2.ClH/c1-21-16-9-8-12-5-2-3-6-13(12)14(16)11-19-17(20)15-7-4-10-18-15;/h2-3,5-6,8-9,15,18H,4,7,10-11H2,1H3,(H,19,20);1H. The molecule has 1 aliphatic rings. The lowest BCUT2D eigenvalue weighted by Gasteiger charge is -2.15. The molecule has 0 aromatic heterocycles. The van der Waals surface area contributed by atoms with Crippen molar-refractivity contribution in [2.45, 2.75) is 25.4 Å². The van der Waals surface area contributed by atoms with Gasteiger partial charge >= 0.3 is 0 Å². The van der Waals surface area contributed by atoms with E-state index in [-0.39, 0.29) is 24.4 Å². The molecule has 1 atom stereocenters. The maximum atomic E-state index is 12.1. The molecule has 1 heterocycles. The summed E-state index contributed by atoms with van der Waals surface area (Å²) in [5.74, 6) is 0.885. The van der Waals surface area contributed by atoms with E-state index >= 15 is 0 Å². The van der Waals surface area contributed by atoms with E-state index in [1.807, 2.05) is 24.3 Å². The van der Waals surface area contributed by atoms with Crippen molar-refractivity contribution in [3.63, 3.8) is 0 Å². The van der Waals surface area contributed by atoms with Crippen LogP contribution in [0, 0.1) is 0 Å². The van der Waals surface area contributed by atoms with Crippen LogP contribution in [0.25, 0.3) is 10.8 Å². The molecule has 0 bridgehead atoms. The third kappa shape index (κ3) is 3.34. The van der Waals surface area contributed by atoms with Crippen molar-refractivity contribution in [1.29, 1.82) is 0 Å². The number of amides is 1. The summed E-state index contributed by atoms with van der Waals surface area (Å²) in [5.41, 5.74) is 1.03. The number of fused-ring (bicyclic) bond motifs is 1. The lowest BCUT2D eigenvalue weighted by atomic mass is 10.0. The second kappa shape index (κ2) is 7.47. The largest absolute Gasteiger partial charge is 0.496 e. The first-order valence-corrected chi connectivity index (χ1v) is 7.35. The van der Waals surface area contributed by atoms with Gasteiger partial charge in [0, 0.05) is 12.1 Å². The van der Waals surface area contributed by atoms with Crippen LogP contribution in [-0.2, 0) is 11.3 Å². The van der Waals surface area contributed by atoms with Gasteiger partial charge in [0.25, 0.3) is 0 Å². The zero-order chi connectivity index (χ0) is 14.7. The highest BCUT2D eigenvalue weighted by molar-refractivity contribution is 5.88. The molecule has 4 nitrogen and oxygen atoms in total. The Morgan fingerprint density at radius 3 is 2.86 bits per heavy atom. The monoisotopic (exact) mass is 320 g/mol. The summed E-state index contributed by atoms with van der Waals surface area (Å²) in [6.07, 6.45) is 1.98. The molecule has 5 heteroatoms. The van der Waals surface area contributed by atoms with Crippen molar-refractivity contribution in [1.82, 2.24) is 10.6 Å². The Bertz CT molecular complexity index is 654. The number of carbonyl (C=O) groups excluding carboxylic acids is 1. The van der Waals surface area contributed by atoms with Gasteiger partial charge in [-0.25, -0.2) is 0 Å². The number of hydrogen-bond donors (Lipinski definition) is 2. The predicted molar refractivity (Wildman–Crippen MR) is 90.6 cm³/mol. The summed E-state index contributed by atoms with van der Waals surface area (Å²) in [5, 5.41) is 8.52. The highest BCUT2D eigenvalue weighted by atomic mass is 35.5. The van der Waals surface area contributed by atoms with Crippen molar-refractivity contribution in [3.8, 4) is 5.75 Å². The lowest BCUT2D eigenvalue weighted by Crippen LogP contribution is -2.40. The summed E-state index contributed by atoms with van der Waals surface area (Å²) in [7, 11) is 1.66. The van der Waals surface area contributed by atoms with E-state index in [1.165, 1.54) is 0 Å². The lowest BCUT2D eigenvalue weighted by molar-refractivity contribution is -0.122. The molecule has 0 aliphatic carbocycles. The zero-order valence-corrected chi connectivity index (χ0v) is 13.4. The molecular weight excluding hydrogens is 300 g/mol. The first-order valence-electron chi connectivity index (χ1n) is 7.35. The van der Waals surface area contributed by atoms with Crippen LogP contribution in [0.3, 0.4) is 0 Å². The summed E-state index contributed by atoms with van der Waals surface area (Å²) in [6, 6.07) is 12.1. The van der Waals surface area contributed by atoms with Gasteiger partial charge in [-0.3, -0.25) is 4.79 Å². The number of halogens is 1. The average Bonchev–Trinajstić information content (AvgIpc) is 3.06. The van der Waals surface area contributed by atoms with Crippen LogP contribution in [0.2, 0.25) is 0 Å². The molecule has 1 saturated heterocycles. The minimum absolute atomic E-state index is 0. The molecule has 118 valence electrons. The molecule has 3 rings (SSSR count). The number of benzene rings is 2. The van der Waals surface area contributed by atoms with Gasteiger partial charge in [-0.05, 0) is 36.2 Å². The van der Waals surface area contributed by atoms with Crippen molar-refractivity contribution in [2.24, 2.45) is 0 Å². The molecular formula is C17H21ClN2O2. The van der Waals surface area contributed by atoms with Gasteiger partial charge in [0.1, 0.15) is 5.75 Å². The van der Waals surface area contributed by atoms with Crippen LogP contribution >= 0.6 is 12.4 Å². The molecule has 22 heavy (non-hydrogen) atoms. The molecule has 0 saturated carbocycles.